The molecule has 0 aromatic rings. The zero-order valence-corrected chi connectivity index (χ0v) is 19.4. The molecule has 0 radical (unpaired) electrons. The molecule has 4 aliphatic carbocycles. The number of hydrogen-bond donors (Lipinski definition) is 1. The van der Waals surface area contributed by atoms with Gasteiger partial charge < -0.3 is 14.6 Å². The molecule has 1 N–H and O–H groups in total. The Bertz CT molecular complexity index is 706. The average Bonchev–Trinajstić information content (AvgIpc) is 2.93. The Morgan fingerprint density at radius 2 is 1.63 bits per heavy atom. The molecule has 0 saturated heterocycles. The third-order valence-corrected chi connectivity index (χ3v) is 10.2. The Kier molecular flexibility index (Phi) is 5.52. The average molecular weight is 421 g/mol. The summed E-state index contributed by atoms with van der Waals surface area (Å²) in [7, 11) is 0. The first-order chi connectivity index (χ1) is 14.0. The number of aliphatic hydroxyl groups is 1. The lowest BCUT2D eigenvalue weighted by Crippen LogP contribution is -2.60. The fourth-order valence-corrected chi connectivity index (χ4v) is 8.63. The number of hydrogen-bond acceptors (Lipinski definition) is 5. The standard InChI is InChI=1S/C25H40O5/c1-15(29-16(2)26)25(28)13-10-22-20-7-6-18-14-19(30-17(3)27)8-11-23(18,4)21(20)9-12-24(22,25)5/h15,18-22,28H,6-14H2,1-5H3/t15-,18+,19+,20-,21+,22+,23+,24+,25-/m1/s1. The Hall–Kier alpha value is -1.10. The second-order valence-corrected chi connectivity index (χ2v) is 11.3. The molecule has 0 spiro atoms. The smallest absolute Gasteiger partial charge is 0.302 e. The van der Waals surface area contributed by atoms with Crippen LogP contribution in [0.5, 0.6) is 0 Å². The molecule has 0 aliphatic heterocycles. The van der Waals surface area contributed by atoms with Crippen molar-refractivity contribution < 1.29 is 24.2 Å². The van der Waals surface area contributed by atoms with Crippen molar-refractivity contribution in [1.29, 1.82) is 0 Å². The maximum absolute atomic E-state index is 11.7. The Balaban J connectivity index is 1.54. The molecule has 4 saturated carbocycles. The van der Waals surface area contributed by atoms with Gasteiger partial charge in [-0.05, 0) is 93.8 Å². The highest BCUT2D eigenvalue weighted by Gasteiger charge is 2.66. The van der Waals surface area contributed by atoms with Crippen molar-refractivity contribution in [3.63, 3.8) is 0 Å². The maximum atomic E-state index is 11.7. The molecule has 0 aromatic heterocycles. The molecule has 9 atom stereocenters. The lowest BCUT2D eigenvalue weighted by Gasteiger charge is -2.62. The number of esters is 2. The zero-order chi connectivity index (χ0) is 21.9. The van der Waals surface area contributed by atoms with E-state index < -0.39 is 11.7 Å². The summed E-state index contributed by atoms with van der Waals surface area (Å²) in [5.74, 6) is 1.96. The molecule has 30 heavy (non-hydrogen) atoms. The van der Waals surface area contributed by atoms with Gasteiger partial charge in [0.05, 0.1) is 0 Å². The summed E-state index contributed by atoms with van der Waals surface area (Å²) in [6.07, 6.45) is 9.02. The summed E-state index contributed by atoms with van der Waals surface area (Å²) >= 11 is 0. The van der Waals surface area contributed by atoms with E-state index in [1.807, 2.05) is 6.92 Å². The second-order valence-electron chi connectivity index (χ2n) is 11.3. The van der Waals surface area contributed by atoms with Gasteiger partial charge in [0.2, 0.25) is 0 Å². The topological polar surface area (TPSA) is 72.8 Å². The first kappa shape index (κ1) is 22.1. The van der Waals surface area contributed by atoms with Crippen LogP contribution >= 0.6 is 0 Å². The first-order valence-corrected chi connectivity index (χ1v) is 12.1. The Morgan fingerprint density at radius 1 is 0.933 bits per heavy atom. The molecule has 5 heteroatoms. The molecular formula is C25H40O5. The molecule has 170 valence electrons. The summed E-state index contributed by atoms with van der Waals surface area (Å²) in [5, 5.41) is 11.7. The van der Waals surface area contributed by atoms with E-state index in [1.165, 1.54) is 26.7 Å². The molecule has 4 fully saturated rings. The van der Waals surface area contributed by atoms with Gasteiger partial charge in [0.15, 0.2) is 0 Å². The predicted molar refractivity (Wildman–Crippen MR) is 113 cm³/mol. The Labute approximate surface area is 181 Å². The van der Waals surface area contributed by atoms with Crippen LogP contribution in [0.4, 0.5) is 0 Å². The van der Waals surface area contributed by atoms with Crippen molar-refractivity contribution in [2.45, 2.75) is 110 Å². The van der Waals surface area contributed by atoms with E-state index >= 15 is 0 Å². The fraction of sp³-hybridized carbons (Fsp3) is 0.920. The lowest BCUT2D eigenvalue weighted by molar-refractivity contribution is -0.201. The number of carbonyl (C=O) groups excluding carboxylic acids is 2. The van der Waals surface area contributed by atoms with Crippen LogP contribution in [0, 0.1) is 34.5 Å². The van der Waals surface area contributed by atoms with E-state index in [0.717, 1.165) is 44.9 Å². The lowest BCUT2D eigenvalue weighted by atomic mass is 9.44. The zero-order valence-electron chi connectivity index (χ0n) is 19.4. The van der Waals surface area contributed by atoms with Crippen molar-refractivity contribution in [1.82, 2.24) is 0 Å². The molecule has 4 aliphatic rings. The highest BCUT2D eigenvalue weighted by Crippen LogP contribution is 2.68. The van der Waals surface area contributed by atoms with Crippen molar-refractivity contribution >= 4 is 11.9 Å². The van der Waals surface area contributed by atoms with E-state index in [9.17, 15) is 14.7 Å². The van der Waals surface area contributed by atoms with Gasteiger partial charge in [-0.2, -0.15) is 0 Å². The highest BCUT2D eigenvalue weighted by atomic mass is 16.6. The van der Waals surface area contributed by atoms with Crippen molar-refractivity contribution in [2.75, 3.05) is 0 Å². The minimum atomic E-state index is -0.932. The molecule has 0 aromatic carbocycles. The fourth-order valence-electron chi connectivity index (χ4n) is 8.63. The van der Waals surface area contributed by atoms with E-state index in [-0.39, 0.29) is 23.5 Å². The quantitative estimate of drug-likeness (QED) is 0.673. The van der Waals surface area contributed by atoms with Gasteiger partial charge in [0.25, 0.3) is 0 Å². The summed E-state index contributed by atoms with van der Waals surface area (Å²) in [6.45, 7) is 9.57. The van der Waals surface area contributed by atoms with Gasteiger partial charge in [0.1, 0.15) is 17.8 Å². The van der Waals surface area contributed by atoms with Gasteiger partial charge in [-0.3, -0.25) is 9.59 Å². The monoisotopic (exact) mass is 420 g/mol. The van der Waals surface area contributed by atoms with Gasteiger partial charge in [0, 0.05) is 19.3 Å². The minimum Gasteiger partial charge on any atom is -0.463 e. The number of rotatable bonds is 3. The van der Waals surface area contributed by atoms with Crippen LogP contribution in [0.3, 0.4) is 0 Å². The van der Waals surface area contributed by atoms with Crippen molar-refractivity contribution in [2.24, 2.45) is 34.5 Å². The van der Waals surface area contributed by atoms with E-state index in [0.29, 0.717) is 29.1 Å². The summed E-state index contributed by atoms with van der Waals surface area (Å²) in [5.41, 5.74) is -0.816. The highest BCUT2D eigenvalue weighted by molar-refractivity contribution is 5.66. The van der Waals surface area contributed by atoms with Crippen molar-refractivity contribution in [3.8, 4) is 0 Å². The molecular weight excluding hydrogens is 380 g/mol. The van der Waals surface area contributed by atoms with Crippen LogP contribution in [0.15, 0.2) is 0 Å². The summed E-state index contributed by atoms with van der Waals surface area (Å²) in [6, 6.07) is 0. The SMILES string of the molecule is CC(=O)O[C@H]1CC[C@@]2(C)[C@@H](CC[C@@H]3[C@@H]2CC[C@@]2(C)[C@H]3CC[C@@]2(O)[C@@H](C)OC(C)=O)C1. The van der Waals surface area contributed by atoms with Crippen LogP contribution in [0.1, 0.15) is 92.4 Å². The van der Waals surface area contributed by atoms with Gasteiger partial charge >= 0.3 is 11.9 Å². The van der Waals surface area contributed by atoms with Gasteiger partial charge in [-0.25, -0.2) is 0 Å². The molecule has 0 amide bonds. The largest absolute Gasteiger partial charge is 0.463 e. The normalized spacial score (nSPS) is 48.7. The maximum Gasteiger partial charge on any atom is 0.302 e. The molecule has 0 unspecified atom stereocenters. The molecule has 0 bridgehead atoms. The summed E-state index contributed by atoms with van der Waals surface area (Å²) in [4.78, 5) is 23.0. The third-order valence-electron chi connectivity index (χ3n) is 10.2. The molecule has 4 rings (SSSR count). The van der Waals surface area contributed by atoms with Gasteiger partial charge in [-0.15, -0.1) is 0 Å². The predicted octanol–water partition coefficient (Wildman–Crippen LogP) is 4.64. The number of carbonyl (C=O) groups is 2. The third kappa shape index (κ3) is 3.22. The van der Waals surface area contributed by atoms with Gasteiger partial charge in [-0.1, -0.05) is 13.8 Å². The molecule has 0 heterocycles. The van der Waals surface area contributed by atoms with Crippen LogP contribution in [-0.4, -0.2) is 34.9 Å². The Morgan fingerprint density at radius 3 is 2.30 bits per heavy atom. The van der Waals surface area contributed by atoms with Crippen LogP contribution in [0.25, 0.3) is 0 Å². The van der Waals surface area contributed by atoms with Crippen LogP contribution in [-0.2, 0) is 19.1 Å². The van der Waals surface area contributed by atoms with Crippen LogP contribution < -0.4 is 0 Å². The number of fused-ring (bicyclic) bond motifs is 5. The number of ether oxygens (including phenoxy) is 2. The molecule has 5 nitrogen and oxygen atoms in total. The minimum absolute atomic E-state index is 0.0899. The van der Waals surface area contributed by atoms with Crippen LogP contribution in [0.2, 0.25) is 0 Å². The van der Waals surface area contributed by atoms with E-state index in [1.54, 1.807) is 0 Å². The summed E-state index contributed by atoms with van der Waals surface area (Å²) < 4.78 is 11.1. The van der Waals surface area contributed by atoms with E-state index in [2.05, 4.69) is 13.8 Å². The van der Waals surface area contributed by atoms with Crippen molar-refractivity contribution in [3.05, 3.63) is 0 Å². The van der Waals surface area contributed by atoms with E-state index in [4.69, 9.17) is 9.47 Å². The first-order valence-electron chi connectivity index (χ1n) is 12.1. The second kappa shape index (κ2) is 7.50.